The van der Waals surface area contributed by atoms with Crippen LogP contribution in [0.25, 0.3) is 5.70 Å². The highest BCUT2D eigenvalue weighted by Crippen LogP contribution is 2.11. The summed E-state index contributed by atoms with van der Waals surface area (Å²) in [6.07, 6.45) is 8.16. The predicted octanol–water partition coefficient (Wildman–Crippen LogP) is 3.17. The molecule has 19 heavy (non-hydrogen) atoms. The largest absolute Gasteiger partial charge is 0.383 e. The van der Waals surface area contributed by atoms with E-state index >= 15 is 0 Å². The Hall–Kier alpha value is -1.81. The van der Waals surface area contributed by atoms with E-state index in [1.807, 2.05) is 39.0 Å². The van der Waals surface area contributed by atoms with Crippen LogP contribution in [-0.4, -0.2) is 9.55 Å². The number of hydrogen-bond acceptors (Lipinski definition) is 3. The van der Waals surface area contributed by atoms with Crippen molar-refractivity contribution in [1.82, 2.24) is 9.55 Å². The van der Waals surface area contributed by atoms with Crippen LogP contribution in [0.3, 0.4) is 0 Å². The first-order valence-electron chi connectivity index (χ1n) is 6.01. The van der Waals surface area contributed by atoms with Crippen LogP contribution in [0.15, 0.2) is 45.9 Å². The normalized spacial score (nSPS) is 13.8. The molecule has 1 aromatic rings. The molecule has 0 aliphatic rings. The second kappa shape index (κ2) is 6.95. The summed E-state index contributed by atoms with van der Waals surface area (Å²) >= 11 is 5.85. The van der Waals surface area contributed by atoms with E-state index in [1.54, 1.807) is 12.3 Å². The Morgan fingerprint density at radius 1 is 1.47 bits per heavy atom. The van der Waals surface area contributed by atoms with Crippen molar-refractivity contribution in [3.05, 3.63) is 51.6 Å². The summed E-state index contributed by atoms with van der Waals surface area (Å²) < 4.78 is 1.44. The Bertz CT molecular complexity index is 593. The number of hydrogen-bond donors (Lipinski definition) is 1. The maximum atomic E-state index is 11.7. The van der Waals surface area contributed by atoms with Gasteiger partial charge in [0, 0.05) is 16.9 Å². The molecular formula is C14H18ClN3O. The fourth-order valence-corrected chi connectivity index (χ4v) is 1.66. The topological polar surface area (TPSA) is 60.9 Å². The van der Waals surface area contributed by atoms with Crippen molar-refractivity contribution in [2.24, 2.45) is 0 Å². The molecule has 0 bridgehead atoms. The van der Waals surface area contributed by atoms with Gasteiger partial charge in [0.1, 0.15) is 5.82 Å². The van der Waals surface area contributed by atoms with Crippen molar-refractivity contribution in [2.45, 2.75) is 27.2 Å². The van der Waals surface area contributed by atoms with Crippen molar-refractivity contribution in [3.8, 4) is 0 Å². The van der Waals surface area contributed by atoms with Crippen LogP contribution in [0.4, 0.5) is 5.82 Å². The molecular weight excluding hydrogens is 262 g/mol. The Morgan fingerprint density at radius 3 is 2.68 bits per heavy atom. The Labute approximate surface area is 117 Å². The van der Waals surface area contributed by atoms with Gasteiger partial charge in [-0.15, -0.1) is 0 Å². The maximum Gasteiger partial charge on any atom is 0.353 e. The first kappa shape index (κ1) is 15.2. The van der Waals surface area contributed by atoms with Gasteiger partial charge < -0.3 is 5.73 Å². The van der Waals surface area contributed by atoms with E-state index in [9.17, 15) is 4.79 Å². The SMILES string of the molecule is CCC(=C/C=C(\C)n1ccc(N)nc1=O)/C=C(\C)Cl. The average Bonchev–Trinajstić information content (AvgIpc) is 2.33. The lowest BCUT2D eigenvalue weighted by atomic mass is 10.1. The Morgan fingerprint density at radius 2 is 2.16 bits per heavy atom. The third kappa shape index (κ3) is 4.75. The monoisotopic (exact) mass is 279 g/mol. The molecule has 0 aromatic carbocycles. The molecule has 0 fully saturated rings. The molecule has 0 amide bonds. The van der Waals surface area contributed by atoms with Crippen molar-refractivity contribution in [1.29, 1.82) is 0 Å². The average molecular weight is 280 g/mol. The number of aromatic nitrogens is 2. The lowest BCUT2D eigenvalue weighted by molar-refractivity contribution is 0.932. The summed E-state index contributed by atoms with van der Waals surface area (Å²) in [5.41, 5.74) is 6.92. The zero-order valence-electron chi connectivity index (χ0n) is 11.4. The van der Waals surface area contributed by atoms with Crippen molar-refractivity contribution in [3.63, 3.8) is 0 Å². The van der Waals surface area contributed by atoms with E-state index in [-0.39, 0.29) is 11.5 Å². The predicted molar refractivity (Wildman–Crippen MR) is 80.8 cm³/mol. The third-order valence-corrected chi connectivity index (χ3v) is 2.65. The lowest BCUT2D eigenvalue weighted by Crippen LogP contribution is -2.21. The van der Waals surface area contributed by atoms with E-state index in [1.165, 1.54) is 4.57 Å². The van der Waals surface area contributed by atoms with Crippen molar-refractivity contribution in [2.75, 3.05) is 5.73 Å². The maximum absolute atomic E-state index is 11.7. The smallest absolute Gasteiger partial charge is 0.353 e. The van der Waals surface area contributed by atoms with Gasteiger partial charge in [0.15, 0.2) is 0 Å². The van der Waals surface area contributed by atoms with E-state index in [2.05, 4.69) is 4.98 Å². The highest BCUT2D eigenvalue weighted by molar-refractivity contribution is 6.29. The van der Waals surface area contributed by atoms with Crippen LogP contribution < -0.4 is 11.4 Å². The summed E-state index contributed by atoms with van der Waals surface area (Å²) in [4.78, 5) is 15.3. The number of nitrogens with two attached hydrogens (primary N) is 1. The highest BCUT2D eigenvalue weighted by atomic mass is 35.5. The summed E-state index contributed by atoms with van der Waals surface area (Å²) in [5, 5.41) is 0.727. The molecule has 0 atom stereocenters. The highest BCUT2D eigenvalue weighted by Gasteiger charge is 1.98. The molecule has 102 valence electrons. The van der Waals surface area contributed by atoms with E-state index < -0.39 is 0 Å². The minimum atomic E-state index is -0.385. The number of anilines is 1. The minimum Gasteiger partial charge on any atom is -0.383 e. The quantitative estimate of drug-likeness (QED) is 0.861. The minimum absolute atomic E-state index is 0.222. The number of halogens is 1. The van der Waals surface area contributed by atoms with Crippen LogP contribution >= 0.6 is 11.6 Å². The van der Waals surface area contributed by atoms with Gasteiger partial charge in [-0.1, -0.05) is 24.6 Å². The summed E-state index contributed by atoms with van der Waals surface area (Å²) in [6, 6.07) is 1.59. The number of nitrogen functional groups attached to an aromatic ring is 1. The fraction of sp³-hybridized carbons (Fsp3) is 0.286. The van der Waals surface area contributed by atoms with E-state index in [0.29, 0.717) is 0 Å². The van der Waals surface area contributed by atoms with Gasteiger partial charge >= 0.3 is 5.69 Å². The van der Waals surface area contributed by atoms with Crippen LogP contribution in [0.5, 0.6) is 0 Å². The Kier molecular flexibility index (Phi) is 5.57. The van der Waals surface area contributed by atoms with Gasteiger partial charge in [0.25, 0.3) is 0 Å². The second-order valence-electron chi connectivity index (χ2n) is 4.14. The summed E-state index contributed by atoms with van der Waals surface area (Å²) in [7, 11) is 0. The molecule has 1 aromatic heterocycles. The lowest BCUT2D eigenvalue weighted by Gasteiger charge is -2.04. The fourth-order valence-electron chi connectivity index (χ4n) is 1.52. The zero-order valence-corrected chi connectivity index (χ0v) is 12.1. The van der Waals surface area contributed by atoms with Crippen LogP contribution in [-0.2, 0) is 0 Å². The molecule has 1 rings (SSSR count). The molecule has 2 N–H and O–H groups in total. The summed E-state index contributed by atoms with van der Waals surface area (Å²) in [5.74, 6) is 0.222. The molecule has 0 aliphatic carbocycles. The van der Waals surface area contributed by atoms with Gasteiger partial charge in [0.05, 0.1) is 0 Å². The molecule has 0 radical (unpaired) electrons. The Balaban J connectivity index is 3.08. The third-order valence-electron chi connectivity index (χ3n) is 2.54. The molecule has 0 saturated carbocycles. The van der Waals surface area contributed by atoms with Crippen LogP contribution in [0, 0.1) is 0 Å². The standard InChI is InChI=1S/C14H18ClN3O/c1-4-12(9-10(2)15)6-5-11(3)18-8-7-13(16)17-14(18)19/h5-9H,4H2,1-3H3,(H2,16,17,19)/b10-9+,11-5+,12-6-. The number of allylic oxidation sites excluding steroid dienone is 6. The number of nitrogens with zero attached hydrogens (tertiary/aromatic N) is 2. The van der Waals surface area contributed by atoms with Gasteiger partial charge in [0.2, 0.25) is 0 Å². The molecule has 1 heterocycles. The molecule has 5 heteroatoms. The molecule has 0 aliphatic heterocycles. The van der Waals surface area contributed by atoms with Gasteiger partial charge in [-0.05, 0) is 44.1 Å². The van der Waals surface area contributed by atoms with Crippen molar-refractivity contribution >= 4 is 23.1 Å². The molecule has 0 unspecified atom stereocenters. The van der Waals surface area contributed by atoms with E-state index in [0.717, 1.165) is 22.7 Å². The molecule has 0 saturated heterocycles. The van der Waals surface area contributed by atoms with E-state index in [4.69, 9.17) is 17.3 Å². The van der Waals surface area contributed by atoms with Gasteiger partial charge in [-0.25, -0.2) is 4.79 Å². The van der Waals surface area contributed by atoms with Crippen LogP contribution in [0.1, 0.15) is 27.2 Å². The first-order valence-corrected chi connectivity index (χ1v) is 6.38. The molecule has 0 spiro atoms. The van der Waals surface area contributed by atoms with Crippen molar-refractivity contribution < 1.29 is 0 Å². The first-order chi connectivity index (χ1) is 8.93. The number of rotatable bonds is 4. The summed E-state index contributed by atoms with van der Waals surface area (Å²) in [6.45, 7) is 5.71. The van der Waals surface area contributed by atoms with Gasteiger partial charge in [-0.2, -0.15) is 4.98 Å². The second-order valence-corrected chi connectivity index (χ2v) is 4.74. The molecule has 4 nitrogen and oxygen atoms in total. The van der Waals surface area contributed by atoms with Crippen LogP contribution in [0.2, 0.25) is 0 Å². The zero-order chi connectivity index (χ0) is 14.4. The van der Waals surface area contributed by atoms with Gasteiger partial charge in [-0.3, -0.25) is 4.57 Å².